The molecule has 92 valence electrons. The van der Waals surface area contributed by atoms with Gasteiger partial charge in [0.15, 0.2) is 0 Å². The van der Waals surface area contributed by atoms with Gasteiger partial charge in [-0.1, -0.05) is 38.5 Å². The third-order valence-corrected chi connectivity index (χ3v) is 4.39. The molecule has 0 amide bonds. The van der Waals surface area contributed by atoms with E-state index in [4.69, 9.17) is 5.73 Å². The molecule has 2 atom stereocenters. The van der Waals surface area contributed by atoms with E-state index in [0.717, 1.165) is 18.2 Å². The SMILES string of the molecule is CCCC(CC)C1=CCC(SCCN)C=C1. The summed E-state index contributed by atoms with van der Waals surface area (Å²) in [6.07, 6.45) is 12.2. The molecule has 1 aliphatic rings. The fourth-order valence-corrected chi connectivity index (χ4v) is 3.08. The van der Waals surface area contributed by atoms with E-state index >= 15 is 0 Å². The molecule has 0 aliphatic heterocycles. The Morgan fingerprint density at radius 2 is 2.31 bits per heavy atom. The van der Waals surface area contributed by atoms with E-state index in [0.29, 0.717) is 5.25 Å². The fraction of sp³-hybridized carbons (Fsp3) is 0.714. The second-order valence-corrected chi connectivity index (χ2v) is 5.74. The van der Waals surface area contributed by atoms with E-state index in [-0.39, 0.29) is 0 Å². The van der Waals surface area contributed by atoms with Crippen molar-refractivity contribution in [2.75, 3.05) is 12.3 Å². The largest absolute Gasteiger partial charge is 0.330 e. The molecule has 0 fully saturated rings. The molecule has 0 spiro atoms. The Labute approximate surface area is 105 Å². The van der Waals surface area contributed by atoms with Crippen molar-refractivity contribution in [3.05, 3.63) is 23.8 Å². The zero-order chi connectivity index (χ0) is 11.8. The number of hydrogen-bond donors (Lipinski definition) is 1. The molecule has 0 radical (unpaired) electrons. The van der Waals surface area contributed by atoms with E-state index in [1.165, 1.54) is 25.7 Å². The average molecular weight is 239 g/mol. The van der Waals surface area contributed by atoms with E-state index < -0.39 is 0 Å². The second-order valence-electron chi connectivity index (χ2n) is 4.39. The second kappa shape index (κ2) is 7.97. The molecule has 2 heteroatoms. The van der Waals surface area contributed by atoms with Gasteiger partial charge in [0.25, 0.3) is 0 Å². The molecule has 1 nitrogen and oxygen atoms in total. The highest BCUT2D eigenvalue weighted by Crippen LogP contribution is 2.29. The van der Waals surface area contributed by atoms with Gasteiger partial charge in [0, 0.05) is 17.5 Å². The van der Waals surface area contributed by atoms with Crippen molar-refractivity contribution >= 4 is 11.8 Å². The Balaban J connectivity index is 2.42. The quantitative estimate of drug-likeness (QED) is 0.732. The Bertz CT molecular complexity index is 245. The van der Waals surface area contributed by atoms with Crippen molar-refractivity contribution in [1.29, 1.82) is 0 Å². The van der Waals surface area contributed by atoms with Crippen LogP contribution in [0.15, 0.2) is 23.8 Å². The monoisotopic (exact) mass is 239 g/mol. The highest BCUT2D eigenvalue weighted by Gasteiger charge is 2.14. The van der Waals surface area contributed by atoms with Crippen LogP contribution in [0.4, 0.5) is 0 Å². The molecule has 0 saturated heterocycles. The topological polar surface area (TPSA) is 26.0 Å². The highest BCUT2D eigenvalue weighted by atomic mass is 32.2. The van der Waals surface area contributed by atoms with Crippen molar-refractivity contribution in [2.24, 2.45) is 11.7 Å². The highest BCUT2D eigenvalue weighted by molar-refractivity contribution is 8.00. The zero-order valence-electron chi connectivity index (χ0n) is 10.6. The van der Waals surface area contributed by atoms with Crippen LogP contribution in [-0.4, -0.2) is 17.5 Å². The number of allylic oxidation sites excluding steroid dienone is 3. The molecule has 0 aromatic rings. The maximum Gasteiger partial charge on any atom is 0.0265 e. The summed E-state index contributed by atoms with van der Waals surface area (Å²) in [4.78, 5) is 0. The Morgan fingerprint density at radius 1 is 1.50 bits per heavy atom. The van der Waals surface area contributed by atoms with Crippen LogP contribution < -0.4 is 5.73 Å². The number of nitrogens with two attached hydrogens (primary N) is 1. The Kier molecular flexibility index (Phi) is 6.90. The maximum atomic E-state index is 5.52. The number of hydrogen-bond acceptors (Lipinski definition) is 2. The predicted octanol–water partition coefficient (Wildman–Crippen LogP) is 3.76. The van der Waals surface area contributed by atoms with Crippen LogP contribution in [0.25, 0.3) is 0 Å². The third-order valence-electron chi connectivity index (χ3n) is 3.14. The Morgan fingerprint density at radius 3 is 2.81 bits per heavy atom. The van der Waals surface area contributed by atoms with Crippen molar-refractivity contribution in [3.63, 3.8) is 0 Å². The lowest BCUT2D eigenvalue weighted by Crippen LogP contribution is -2.10. The summed E-state index contributed by atoms with van der Waals surface area (Å²) >= 11 is 1.98. The lowest BCUT2D eigenvalue weighted by Gasteiger charge is -2.21. The molecule has 1 rings (SSSR count). The van der Waals surface area contributed by atoms with Gasteiger partial charge in [-0.2, -0.15) is 11.8 Å². The van der Waals surface area contributed by atoms with Crippen molar-refractivity contribution in [1.82, 2.24) is 0 Å². The third kappa shape index (κ3) is 4.34. The summed E-state index contributed by atoms with van der Waals surface area (Å²) in [7, 11) is 0. The van der Waals surface area contributed by atoms with Crippen LogP contribution in [0.3, 0.4) is 0 Å². The van der Waals surface area contributed by atoms with Gasteiger partial charge < -0.3 is 5.73 Å². The summed E-state index contributed by atoms with van der Waals surface area (Å²) in [5.41, 5.74) is 7.09. The molecular formula is C14H25NS. The maximum absolute atomic E-state index is 5.52. The minimum atomic E-state index is 0.659. The first-order valence-corrected chi connectivity index (χ1v) is 7.56. The standard InChI is InChI=1S/C14H25NS/c1-3-5-12(4-2)13-6-8-14(9-7-13)16-11-10-15/h6-8,12,14H,3-5,9-11,15H2,1-2H3. The first kappa shape index (κ1) is 13.9. The fourth-order valence-electron chi connectivity index (χ4n) is 2.22. The van der Waals surface area contributed by atoms with Gasteiger partial charge in [0.1, 0.15) is 0 Å². The van der Waals surface area contributed by atoms with E-state index in [1.54, 1.807) is 5.57 Å². The first-order valence-electron chi connectivity index (χ1n) is 6.51. The summed E-state index contributed by atoms with van der Waals surface area (Å²) in [5, 5.41) is 0.659. The molecule has 0 heterocycles. The predicted molar refractivity (Wildman–Crippen MR) is 75.8 cm³/mol. The van der Waals surface area contributed by atoms with Gasteiger partial charge in [0.05, 0.1) is 0 Å². The molecule has 16 heavy (non-hydrogen) atoms. The lowest BCUT2D eigenvalue weighted by atomic mass is 9.88. The molecule has 1 aliphatic carbocycles. The summed E-state index contributed by atoms with van der Waals surface area (Å²) < 4.78 is 0. The van der Waals surface area contributed by atoms with Gasteiger partial charge in [-0.3, -0.25) is 0 Å². The number of thioether (sulfide) groups is 1. The summed E-state index contributed by atoms with van der Waals surface area (Å²) in [6, 6.07) is 0. The molecule has 0 aromatic carbocycles. The van der Waals surface area contributed by atoms with Gasteiger partial charge in [-0.05, 0) is 30.8 Å². The molecule has 0 saturated carbocycles. The lowest BCUT2D eigenvalue weighted by molar-refractivity contribution is 0.540. The van der Waals surface area contributed by atoms with Gasteiger partial charge in [-0.15, -0.1) is 0 Å². The average Bonchev–Trinajstić information content (AvgIpc) is 2.34. The van der Waals surface area contributed by atoms with Crippen molar-refractivity contribution < 1.29 is 0 Å². The van der Waals surface area contributed by atoms with Crippen molar-refractivity contribution in [2.45, 2.75) is 44.8 Å². The normalized spacial score (nSPS) is 21.9. The minimum absolute atomic E-state index is 0.659. The molecule has 0 aromatic heterocycles. The zero-order valence-corrected chi connectivity index (χ0v) is 11.4. The molecule has 2 unspecified atom stereocenters. The van der Waals surface area contributed by atoms with Gasteiger partial charge >= 0.3 is 0 Å². The summed E-state index contributed by atoms with van der Waals surface area (Å²) in [6.45, 7) is 5.36. The van der Waals surface area contributed by atoms with Gasteiger partial charge in [0.2, 0.25) is 0 Å². The molecule has 0 bridgehead atoms. The van der Waals surface area contributed by atoms with E-state index in [1.807, 2.05) is 11.8 Å². The molecule has 2 N–H and O–H groups in total. The summed E-state index contributed by atoms with van der Waals surface area (Å²) in [5.74, 6) is 1.85. The van der Waals surface area contributed by atoms with Crippen molar-refractivity contribution in [3.8, 4) is 0 Å². The van der Waals surface area contributed by atoms with E-state index in [2.05, 4.69) is 32.1 Å². The van der Waals surface area contributed by atoms with Crippen LogP contribution in [-0.2, 0) is 0 Å². The molecular weight excluding hydrogens is 214 g/mol. The Hall–Kier alpha value is -0.210. The number of rotatable bonds is 7. The van der Waals surface area contributed by atoms with Crippen LogP contribution >= 0.6 is 11.8 Å². The minimum Gasteiger partial charge on any atom is -0.330 e. The van der Waals surface area contributed by atoms with E-state index in [9.17, 15) is 0 Å². The van der Waals surface area contributed by atoms with Gasteiger partial charge in [-0.25, -0.2) is 0 Å². The first-order chi connectivity index (χ1) is 7.81. The van der Waals surface area contributed by atoms with Crippen LogP contribution in [0.2, 0.25) is 0 Å². The van der Waals surface area contributed by atoms with Crippen LogP contribution in [0, 0.1) is 5.92 Å². The van der Waals surface area contributed by atoms with Crippen LogP contribution in [0.5, 0.6) is 0 Å². The van der Waals surface area contributed by atoms with Crippen LogP contribution in [0.1, 0.15) is 39.5 Å². The smallest absolute Gasteiger partial charge is 0.0265 e.